The number of rotatable bonds is 7. The van der Waals surface area contributed by atoms with Gasteiger partial charge in [-0.25, -0.2) is 5.43 Å². The molecule has 0 saturated heterocycles. The maximum absolute atomic E-state index is 12.1. The van der Waals surface area contributed by atoms with Crippen LogP contribution in [-0.4, -0.2) is 37.4 Å². The first-order valence-electron chi connectivity index (χ1n) is 8.14. The number of ether oxygens (including phenoxy) is 1. The maximum atomic E-state index is 12.1. The Labute approximate surface area is 147 Å². The van der Waals surface area contributed by atoms with Gasteiger partial charge in [0.25, 0.3) is 5.91 Å². The first-order chi connectivity index (χ1) is 12.1. The second kappa shape index (κ2) is 8.73. The third-order valence-electron chi connectivity index (χ3n) is 3.84. The third kappa shape index (κ3) is 4.73. The molecule has 2 aromatic rings. The summed E-state index contributed by atoms with van der Waals surface area (Å²) in [5, 5.41) is 13.6. The molecule has 0 saturated carbocycles. The van der Waals surface area contributed by atoms with E-state index < -0.39 is 0 Å². The van der Waals surface area contributed by atoms with Gasteiger partial charge in [-0.05, 0) is 61.9 Å². The van der Waals surface area contributed by atoms with Gasteiger partial charge < -0.3 is 14.7 Å². The van der Waals surface area contributed by atoms with Crippen molar-refractivity contribution in [2.45, 2.75) is 13.8 Å². The highest BCUT2D eigenvalue weighted by Gasteiger charge is 2.06. The summed E-state index contributed by atoms with van der Waals surface area (Å²) in [6, 6.07) is 12.3. The summed E-state index contributed by atoms with van der Waals surface area (Å²) in [5.74, 6) is 0.110. The number of hydrazone groups is 1. The van der Waals surface area contributed by atoms with Crippen molar-refractivity contribution in [1.29, 1.82) is 0 Å². The third-order valence-corrected chi connectivity index (χ3v) is 3.84. The molecule has 2 aromatic carbocycles. The summed E-state index contributed by atoms with van der Waals surface area (Å²) < 4.78 is 4.98. The zero-order valence-electron chi connectivity index (χ0n) is 14.7. The van der Waals surface area contributed by atoms with Gasteiger partial charge in [-0.2, -0.15) is 5.10 Å². The summed E-state index contributed by atoms with van der Waals surface area (Å²) in [7, 11) is 1.48. The molecule has 0 fully saturated rings. The van der Waals surface area contributed by atoms with Crippen LogP contribution in [0.15, 0.2) is 47.6 Å². The average molecular weight is 341 g/mol. The van der Waals surface area contributed by atoms with Crippen molar-refractivity contribution >= 4 is 17.8 Å². The van der Waals surface area contributed by atoms with Crippen molar-refractivity contribution < 1.29 is 14.6 Å². The lowest BCUT2D eigenvalue weighted by Crippen LogP contribution is -2.22. The van der Waals surface area contributed by atoms with E-state index in [1.807, 2.05) is 12.1 Å². The van der Waals surface area contributed by atoms with Crippen molar-refractivity contribution in [3.63, 3.8) is 0 Å². The maximum Gasteiger partial charge on any atom is 0.271 e. The standard InChI is InChI=1S/C19H23N3O3/c1-4-22(5-2)16-9-7-15(8-10-16)19(24)21-20-13-14-6-11-18(25-3)17(23)12-14/h6-13,23H,4-5H2,1-3H3,(H,21,24). The number of hydrogen-bond acceptors (Lipinski definition) is 5. The topological polar surface area (TPSA) is 74.2 Å². The Morgan fingerprint density at radius 3 is 2.44 bits per heavy atom. The molecule has 0 aliphatic rings. The number of anilines is 1. The zero-order chi connectivity index (χ0) is 18.2. The fraction of sp³-hybridized carbons (Fsp3) is 0.263. The van der Waals surface area contributed by atoms with Gasteiger partial charge in [0.05, 0.1) is 13.3 Å². The lowest BCUT2D eigenvalue weighted by molar-refractivity contribution is 0.0955. The molecule has 0 atom stereocenters. The van der Waals surface area contributed by atoms with Gasteiger partial charge >= 0.3 is 0 Å². The molecule has 6 nitrogen and oxygen atoms in total. The fourth-order valence-corrected chi connectivity index (χ4v) is 2.43. The molecule has 0 aliphatic heterocycles. The van der Waals surface area contributed by atoms with E-state index in [0.717, 1.165) is 18.8 Å². The largest absolute Gasteiger partial charge is 0.504 e. The lowest BCUT2D eigenvalue weighted by atomic mass is 10.2. The molecule has 0 spiro atoms. The van der Waals surface area contributed by atoms with Gasteiger partial charge in [0.1, 0.15) is 0 Å². The first-order valence-corrected chi connectivity index (χ1v) is 8.14. The molecule has 2 rings (SSSR count). The van der Waals surface area contributed by atoms with Gasteiger partial charge in [-0.15, -0.1) is 0 Å². The number of carbonyl (C=O) groups is 1. The number of phenols is 1. The number of hydrogen-bond donors (Lipinski definition) is 2. The van der Waals surface area contributed by atoms with E-state index in [-0.39, 0.29) is 11.7 Å². The van der Waals surface area contributed by atoms with Crippen LogP contribution >= 0.6 is 0 Å². The van der Waals surface area contributed by atoms with E-state index in [2.05, 4.69) is 29.3 Å². The van der Waals surface area contributed by atoms with Gasteiger partial charge in [0, 0.05) is 24.3 Å². The Balaban J connectivity index is 1.99. The van der Waals surface area contributed by atoms with Gasteiger partial charge in [-0.1, -0.05) is 0 Å². The first kappa shape index (κ1) is 18.3. The molecule has 6 heteroatoms. The number of aromatic hydroxyl groups is 1. The molecule has 0 unspecified atom stereocenters. The van der Waals surface area contributed by atoms with Crippen molar-refractivity contribution in [3.05, 3.63) is 53.6 Å². The fourth-order valence-electron chi connectivity index (χ4n) is 2.43. The van der Waals surface area contributed by atoms with Crippen LogP contribution in [0.3, 0.4) is 0 Å². The highest BCUT2D eigenvalue weighted by atomic mass is 16.5. The number of nitrogens with zero attached hydrogens (tertiary/aromatic N) is 2. The second-order valence-corrected chi connectivity index (χ2v) is 5.35. The minimum atomic E-state index is -0.292. The summed E-state index contributed by atoms with van der Waals surface area (Å²) in [4.78, 5) is 14.3. The number of benzene rings is 2. The molecule has 0 heterocycles. The Morgan fingerprint density at radius 2 is 1.88 bits per heavy atom. The predicted molar refractivity (Wildman–Crippen MR) is 99.7 cm³/mol. The van der Waals surface area contributed by atoms with Crippen LogP contribution in [0.5, 0.6) is 11.5 Å². The van der Waals surface area contributed by atoms with Crippen LogP contribution < -0.4 is 15.1 Å². The monoisotopic (exact) mass is 341 g/mol. The van der Waals surface area contributed by atoms with E-state index >= 15 is 0 Å². The van der Waals surface area contributed by atoms with Crippen molar-refractivity contribution in [3.8, 4) is 11.5 Å². The molecule has 132 valence electrons. The minimum absolute atomic E-state index is 0.0183. The van der Waals surface area contributed by atoms with Crippen LogP contribution in [0.4, 0.5) is 5.69 Å². The summed E-state index contributed by atoms with van der Waals surface area (Å²) in [6.45, 7) is 6.02. The zero-order valence-corrected chi connectivity index (χ0v) is 14.7. The van der Waals surface area contributed by atoms with Crippen LogP contribution in [0.25, 0.3) is 0 Å². The van der Waals surface area contributed by atoms with Gasteiger partial charge in [0.15, 0.2) is 11.5 Å². The smallest absolute Gasteiger partial charge is 0.271 e. The predicted octanol–water partition coefficient (Wildman–Crippen LogP) is 3.01. The molecule has 2 N–H and O–H groups in total. The number of methoxy groups -OCH3 is 1. The Kier molecular flexibility index (Phi) is 6.39. The molecule has 0 aliphatic carbocycles. The minimum Gasteiger partial charge on any atom is -0.504 e. The normalized spacial score (nSPS) is 10.7. The number of carbonyl (C=O) groups excluding carboxylic acids is 1. The van der Waals surface area contributed by atoms with E-state index in [0.29, 0.717) is 16.9 Å². The SMILES string of the molecule is CCN(CC)c1ccc(C(=O)NN=Cc2ccc(OC)c(O)c2)cc1. The highest BCUT2D eigenvalue weighted by Crippen LogP contribution is 2.25. The average Bonchev–Trinajstić information content (AvgIpc) is 2.63. The highest BCUT2D eigenvalue weighted by molar-refractivity contribution is 5.95. The van der Waals surface area contributed by atoms with E-state index in [1.165, 1.54) is 19.4 Å². The Bertz CT molecular complexity index is 738. The van der Waals surface area contributed by atoms with Gasteiger partial charge in [0.2, 0.25) is 0 Å². The van der Waals surface area contributed by atoms with E-state index in [9.17, 15) is 9.90 Å². The number of nitrogens with one attached hydrogen (secondary N) is 1. The van der Waals surface area contributed by atoms with E-state index in [1.54, 1.807) is 24.3 Å². The lowest BCUT2D eigenvalue weighted by Gasteiger charge is -2.20. The van der Waals surface area contributed by atoms with Crippen molar-refractivity contribution in [1.82, 2.24) is 5.43 Å². The molecule has 25 heavy (non-hydrogen) atoms. The van der Waals surface area contributed by atoms with Gasteiger partial charge in [-0.3, -0.25) is 4.79 Å². The molecule has 0 aromatic heterocycles. The molecular formula is C19H23N3O3. The number of amides is 1. The molecule has 0 radical (unpaired) electrons. The Morgan fingerprint density at radius 1 is 1.20 bits per heavy atom. The van der Waals surface area contributed by atoms with Crippen molar-refractivity contribution in [2.24, 2.45) is 5.10 Å². The second-order valence-electron chi connectivity index (χ2n) is 5.35. The van der Waals surface area contributed by atoms with E-state index in [4.69, 9.17) is 4.74 Å². The number of phenolic OH excluding ortho intramolecular Hbond substituents is 1. The van der Waals surface area contributed by atoms with Crippen LogP contribution in [-0.2, 0) is 0 Å². The van der Waals surface area contributed by atoms with Crippen LogP contribution in [0, 0.1) is 0 Å². The van der Waals surface area contributed by atoms with Crippen LogP contribution in [0.2, 0.25) is 0 Å². The molecule has 0 bridgehead atoms. The summed E-state index contributed by atoms with van der Waals surface area (Å²) in [6.07, 6.45) is 1.46. The Hall–Kier alpha value is -3.02. The van der Waals surface area contributed by atoms with Crippen molar-refractivity contribution in [2.75, 3.05) is 25.1 Å². The summed E-state index contributed by atoms with van der Waals surface area (Å²) in [5.41, 5.74) is 4.74. The summed E-state index contributed by atoms with van der Waals surface area (Å²) >= 11 is 0. The quantitative estimate of drug-likeness (QED) is 0.600. The van der Waals surface area contributed by atoms with Crippen LogP contribution in [0.1, 0.15) is 29.8 Å². The molecular weight excluding hydrogens is 318 g/mol. The molecule has 1 amide bonds.